The van der Waals surface area contributed by atoms with Crippen molar-refractivity contribution in [3.63, 3.8) is 0 Å². The van der Waals surface area contributed by atoms with E-state index in [1.54, 1.807) is 19.2 Å². The minimum atomic E-state index is -3.83. The van der Waals surface area contributed by atoms with Crippen LogP contribution in [0.4, 0.5) is 11.5 Å². The molecule has 0 saturated heterocycles. The van der Waals surface area contributed by atoms with Crippen molar-refractivity contribution in [2.24, 2.45) is 7.05 Å². The second-order valence-corrected chi connectivity index (χ2v) is 5.92. The molecule has 0 bridgehead atoms. The third-order valence-corrected chi connectivity index (χ3v) is 4.63. The van der Waals surface area contributed by atoms with E-state index in [9.17, 15) is 13.5 Å². The Labute approximate surface area is 111 Å². The number of aryl methyl sites for hydroxylation is 1. The Morgan fingerprint density at radius 2 is 2.11 bits per heavy atom. The smallest absolute Gasteiger partial charge is 0.283 e. The zero-order valence-electron chi connectivity index (χ0n) is 10.5. The quantitative estimate of drug-likeness (QED) is 0.855. The van der Waals surface area contributed by atoms with Crippen molar-refractivity contribution < 1.29 is 13.5 Å². The van der Waals surface area contributed by atoms with Crippen molar-refractivity contribution in [2.75, 3.05) is 17.1 Å². The highest BCUT2D eigenvalue weighted by molar-refractivity contribution is 7.92. The molecule has 0 radical (unpaired) electrons. The number of anilines is 2. The van der Waals surface area contributed by atoms with E-state index in [-0.39, 0.29) is 16.6 Å². The molecule has 0 aliphatic carbocycles. The summed E-state index contributed by atoms with van der Waals surface area (Å²) in [5.74, 6) is -0.0768. The van der Waals surface area contributed by atoms with Crippen LogP contribution in [0, 0.1) is 0 Å². The van der Waals surface area contributed by atoms with E-state index in [1.165, 1.54) is 30.1 Å². The van der Waals surface area contributed by atoms with Gasteiger partial charge in [0.2, 0.25) is 0 Å². The molecular weight excluding hydrogens is 268 g/mol. The van der Waals surface area contributed by atoms with E-state index in [1.807, 2.05) is 0 Å². The molecule has 7 nitrogen and oxygen atoms in total. The number of hydrogen-bond acceptors (Lipinski definition) is 5. The monoisotopic (exact) mass is 282 g/mol. The van der Waals surface area contributed by atoms with E-state index in [0.29, 0.717) is 5.69 Å². The third kappa shape index (κ3) is 2.22. The Hall–Kier alpha value is -2.22. The van der Waals surface area contributed by atoms with E-state index in [4.69, 9.17) is 5.73 Å². The SMILES string of the molecule is CN(c1cccc(O)c1)S(=O)(=O)c1c(N)ncn1C. The molecule has 1 aromatic carbocycles. The summed E-state index contributed by atoms with van der Waals surface area (Å²) in [7, 11) is -0.895. The molecule has 0 spiro atoms. The van der Waals surface area contributed by atoms with Crippen molar-refractivity contribution >= 4 is 21.5 Å². The summed E-state index contributed by atoms with van der Waals surface area (Å²) in [6.45, 7) is 0. The second-order valence-electron chi connectivity index (χ2n) is 4.04. The highest BCUT2D eigenvalue weighted by atomic mass is 32.2. The average molecular weight is 282 g/mol. The van der Waals surface area contributed by atoms with Crippen LogP contribution in [0.2, 0.25) is 0 Å². The number of phenols is 1. The molecule has 19 heavy (non-hydrogen) atoms. The van der Waals surface area contributed by atoms with Gasteiger partial charge in [0.15, 0.2) is 10.8 Å². The molecule has 3 N–H and O–H groups in total. The van der Waals surface area contributed by atoms with E-state index in [2.05, 4.69) is 4.98 Å². The zero-order chi connectivity index (χ0) is 14.2. The lowest BCUT2D eigenvalue weighted by Crippen LogP contribution is -2.28. The van der Waals surface area contributed by atoms with Gasteiger partial charge in [0.1, 0.15) is 5.75 Å². The van der Waals surface area contributed by atoms with Crippen LogP contribution in [0.5, 0.6) is 5.75 Å². The van der Waals surface area contributed by atoms with Gasteiger partial charge in [0, 0.05) is 20.2 Å². The molecule has 0 unspecified atom stereocenters. The van der Waals surface area contributed by atoms with Crippen LogP contribution in [0.15, 0.2) is 35.6 Å². The van der Waals surface area contributed by atoms with Gasteiger partial charge in [-0.05, 0) is 12.1 Å². The van der Waals surface area contributed by atoms with Gasteiger partial charge in [0.05, 0.1) is 12.0 Å². The third-order valence-electron chi connectivity index (χ3n) is 2.71. The van der Waals surface area contributed by atoms with Crippen LogP contribution in [0.3, 0.4) is 0 Å². The van der Waals surface area contributed by atoms with Gasteiger partial charge in [-0.15, -0.1) is 0 Å². The summed E-state index contributed by atoms with van der Waals surface area (Å²) in [6.07, 6.45) is 1.33. The van der Waals surface area contributed by atoms with Crippen molar-refractivity contribution in [2.45, 2.75) is 5.03 Å². The van der Waals surface area contributed by atoms with Crippen LogP contribution in [-0.4, -0.2) is 30.1 Å². The van der Waals surface area contributed by atoms with Gasteiger partial charge in [-0.1, -0.05) is 6.07 Å². The van der Waals surface area contributed by atoms with Crippen molar-refractivity contribution in [3.05, 3.63) is 30.6 Å². The molecule has 0 aliphatic rings. The Bertz CT molecular complexity index is 689. The van der Waals surface area contributed by atoms with Gasteiger partial charge >= 0.3 is 0 Å². The summed E-state index contributed by atoms with van der Waals surface area (Å²) >= 11 is 0. The molecule has 2 rings (SSSR count). The lowest BCUT2D eigenvalue weighted by atomic mass is 10.3. The first-order chi connectivity index (χ1) is 8.84. The lowest BCUT2D eigenvalue weighted by molar-refractivity contribution is 0.475. The largest absolute Gasteiger partial charge is 0.508 e. The molecule has 0 fully saturated rings. The number of imidazole rings is 1. The molecule has 0 atom stereocenters. The molecular formula is C11H14N4O3S. The fraction of sp³-hybridized carbons (Fsp3) is 0.182. The maximum absolute atomic E-state index is 12.5. The van der Waals surface area contributed by atoms with Gasteiger partial charge in [-0.25, -0.2) is 4.98 Å². The number of nitrogens with two attached hydrogens (primary N) is 1. The number of rotatable bonds is 3. The topological polar surface area (TPSA) is 101 Å². The van der Waals surface area contributed by atoms with Gasteiger partial charge in [0.25, 0.3) is 10.0 Å². The first-order valence-electron chi connectivity index (χ1n) is 5.39. The van der Waals surface area contributed by atoms with Crippen LogP contribution < -0.4 is 10.0 Å². The Balaban J connectivity index is 2.52. The molecule has 1 aromatic heterocycles. The molecule has 102 valence electrons. The normalized spacial score (nSPS) is 11.5. The van der Waals surface area contributed by atoms with Crippen molar-refractivity contribution in [1.82, 2.24) is 9.55 Å². The number of sulfonamides is 1. The van der Waals surface area contributed by atoms with Gasteiger partial charge in [-0.3, -0.25) is 4.31 Å². The summed E-state index contributed by atoms with van der Waals surface area (Å²) in [4.78, 5) is 3.76. The molecule has 2 aromatic rings. The van der Waals surface area contributed by atoms with Gasteiger partial charge in [-0.2, -0.15) is 8.42 Å². The van der Waals surface area contributed by atoms with E-state index >= 15 is 0 Å². The summed E-state index contributed by atoms with van der Waals surface area (Å²) in [5.41, 5.74) is 5.92. The van der Waals surface area contributed by atoms with E-state index < -0.39 is 10.0 Å². The fourth-order valence-electron chi connectivity index (χ4n) is 1.71. The highest BCUT2D eigenvalue weighted by Crippen LogP contribution is 2.26. The minimum Gasteiger partial charge on any atom is -0.508 e. The molecule has 8 heteroatoms. The fourth-order valence-corrected chi connectivity index (χ4v) is 3.09. The Morgan fingerprint density at radius 1 is 1.42 bits per heavy atom. The van der Waals surface area contributed by atoms with Crippen LogP contribution >= 0.6 is 0 Å². The van der Waals surface area contributed by atoms with Crippen molar-refractivity contribution in [1.29, 1.82) is 0 Å². The Kier molecular flexibility index (Phi) is 3.11. The minimum absolute atomic E-state index is 0.0162. The summed E-state index contributed by atoms with van der Waals surface area (Å²) < 4.78 is 27.3. The standard InChI is InChI=1S/C11H14N4O3S/c1-14-7-13-10(12)11(14)19(17,18)15(2)8-4-3-5-9(16)6-8/h3-7,16H,12H2,1-2H3. The first-order valence-corrected chi connectivity index (χ1v) is 6.83. The number of benzene rings is 1. The average Bonchev–Trinajstić information content (AvgIpc) is 2.68. The number of nitrogens with zero attached hydrogens (tertiary/aromatic N) is 3. The molecule has 0 aliphatic heterocycles. The molecule has 1 heterocycles. The zero-order valence-corrected chi connectivity index (χ0v) is 11.3. The predicted molar refractivity (Wildman–Crippen MR) is 71.3 cm³/mol. The van der Waals surface area contributed by atoms with E-state index in [0.717, 1.165) is 4.31 Å². The Morgan fingerprint density at radius 3 is 2.63 bits per heavy atom. The van der Waals surface area contributed by atoms with Crippen LogP contribution in [0.25, 0.3) is 0 Å². The van der Waals surface area contributed by atoms with Crippen LogP contribution in [0.1, 0.15) is 0 Å². The summed E-state index contributed by atoms with van der Waals surface area (Å²) in [5, 5.41) is 9.32. The number of aromatic hydroxyl groups is 1. The van der Waals surface area contributed by atoms with Gasteiger partial charge < -0.3 is 15.4 Å². The highest BCUT2D eigenvalue weighted by Gasteiger charge is 2.27. The first kappa shape index (κ1) is 13.2. The van der Waals surface area contributed by atoms with Crippen LogP contribution in [-0.2, 0) is 17.1 Å². The number of hydrogen-bond donors (Lipinski definition) is 2. The number of phenolic OH excluding ortho intramolecular Hbond substituents is 1. The predicted octanol–water partition coefficient (Wildman–Crippen LogP) is 0.533. The number of aromatic nitrogens is 2. The summed E-state index contributed by atoms with van der Waals surface area (Å²) in [6, 6.07) is 5.94. The maximum Gasteiger partial charge on any atom is 0.283 e. The number of nitrogen functional groups attached to an aromatic ring is 1. The molecule has 0 amide bonds. The van der Waals surface area contributed by atoms with Crippen molar-refractivity contribution in [3.8, 4) is 5.75 Å². The molecule has 0 saturated carbocycles. The maximum atomic E-state index is 12.5. The lowest BCUT2D eigenvalue weighted by Gasteiger charge is -2.19. The second kappa shape index (κ2) is 4.47.